The van der Waals surface area contributed by atoms with Crippen molar-refractivity contribution in [1.82, 2.24) is 9.97 Å². The molecule has 0 bridgehead atoms. The molecule has 0 saturated heterocycles. The molecule has 7 heteroatoms. The van der Waals surface area contributed by atoms with Crippen molar-refractivity contribution >= 4 is 22.6 Å². The maximum absolute atomic E-state index is 13.5. The predicted molar refractivity (Wildman–Crippen MR) is 85.7 cm³/mol. The molecule has 1 heterocycles. The molecule has 2 aromatic carbocycles. The van der Waals surface area contributed by atoms with Gasteiger partial charge in [-0.25, -0.2) is 13.8 Å². The van der Waals surface area contributed by atoms with Crippen LogP contribution < -0.4 is 10.9 Å². The zero-order chi connectivity index (χ0) is 17.1. The zero-order valence-corrected chi connectivity index (χ0v) is 12.5. The van der Waals surface area contributed by atoms with E-state index in [9.17, 15) is 18.4 Å². The highest BCUT2D eigenvalue weighted by molar-refractivity contribution is 5.91. The molecule has 0 saturated carbocycles. The number of anilines is 1. The van der Waals surface area contributed by atoms with Gasteiger partial charge in [-0.2, -0.15) is 0 Å². The molecule has 0 aliphatic carbocycles. The number of halogens is 2. The second-order valence-electron chi connectivity index (χ2n) is 5.17. The fourth-order valence-corrected chi connectivity index (χ4v) is 2.29. The van der Waals surface area contributed by atoms with Crippen molar-refractivity contribution in [3.05, 3.63) is 70.1 Å². The number of hydrogen-bond acceptors (Lipinski definition) is 3. The second-order valence-corrected chi connectivity index (χ2v) is 5.17. The average molecular weight is 329 g/mol. The summed E-state index contributed by atoms with van der Waals surface area (Å²) in [5.74, 6) is -2.32. The molecule has 5 nitrogen and oxygen atoms in total. The van der Waals surface area contributed by atoms with Crippen LogP contribution in [0.15, 0.2) is 47.3 Å². The average Bonchev–Trinajstić information content (AvgIpc) is 2.56. The lowest BCUT2D eigenvalue weighted by Crippen LogP contribution is -2.19. The fraction of sp³-hybridized carbons (Fsp3) is 0.118. The molecule has 24 heavy (non-hydrogen) atoms. The first-order valence-electron chi connectivity index (χ1n) is 7.26. The van der Waals surface area contributed by atoms with Crippen molar-refractivity contribution in [2.24, 2.45) is 0 Å². The summed E-state index contributed by atoms with van der Waals surface area (Å²) in [4.78, 5) is 30.7. The molecule has 0 aliphatic rings. The van der Waals surface area contributed by atoms with E-state index in [-0.39, 0.29) is 18.5 Å². The van der Waals surface area contributed by atoms with Crippen LogP contribution in [-0.4, -0.2) is 15.9 Å². The van der Waals surface area contributed by atoms with Crippen molar-refractivity contribution in [3.8, 4) is 0 Å². The minimum atomic E-state index is -0.856. The zero-order valence-electron chi connectivity index (χ0n) is 12.5. The Morgan fingerprint density at radius 3 is 2.54 bits per heavy atom. The highest BCUT2D eigenvalue weighted by Gasteiger charge is 2.13. The number of aryl methyl sites for hydroxylation is 1. The monoisotopic (exact) mass is 329 g/mol. The molecule has 1 amide bonds. The molecule has 0 spiro atoms. The van der Waals surface area contributed by atoms with Crippen molar-refractivity contribution in [2.45, 2.75) is 12.8 Å². The number of nitrogens with one attached hydrogen (secondary N) is 2. The van der Waals surface area contributed by atoms with Gasteiger partial charge in [0.1, 0.15) is 23.0 Å². The lowest BCUT2D eigenvalue weighted by Gasteiger charge is -2.07. The van der Waals surface area contributed by atoms with Gasteiger partial charge in [-0.1, -0.05) is 18.2 Å². The van der Waals surface area contributed by atoms with E-state index >= 15 is 0 Å². The molecule has 0 aliphatic heterocycles. The molecular weight excluding hydrogens is 316 g/mol. The highest BCUT2D eigenvalue weighted by Crippen LogP contribution is 2.18. The highest BCUT2D eigenvalue weighted by atomic mass is 19.1. The van der Waals surface area contributed by atoms with E-state index in [0.717, 1.165) is 12.1 Å². The van der Waals surface area contributed by atoms with Crippen LogP contribution in [0, 0.1) is 11.6 Å². The summed E-state index contributed by atoms with van der Waals surface area (Å²) in [6.07, 6.45) is -0.0652. The third-order valence-electron chi connectivity index (χ3n) is 3.49. The number of benzene rings is 2. The first-order valence-corrected chi connectivity index (χ1v) is 7.26. The molecule has 3 rings (SSSR count). The first-order chi connectivity index (χ1) is 11.5. The largest absolute Gasteiger partial charge is 0.321 e. The quantitative estimate of drug-likeness (QED) is 0.773. The third kappa shape index (κ3) is 3.29. The maximum atomic E-state index is 13.5. The smallest absolute Gasteiger partial charge is 0.270 e. The van der Waals surface area contributed by atoms with Crippen LogP contribution in [0.1, 0.15) is 12.1 Å². The lowest BCUT2D eigenvalue weighted by atomic mass is 10.2. The SMILES string of the molecule is O=C(CCc1nc2ccccc2[nH]c1=O)Nc1c(F)cccc1F. The van der Waals surface area contributed by atoms with E-state index in [1.165, 1.54) is 6.07 Å². The minimum Gasteiger partial charge on any atom is -0.321 e. The topological polar surface area (TPSA) is 74.8 Å². The maximum Gasteiger partial charge on any atom is 0.270 e. The minimum absolute atomic E-state index is 0.0576. The molecule has 3 aromatic rings. The fourth-order valence-electron chi connectivity index (χ4n) is 2.29. The number of aromatic nitrogens is 2. The van der Waals surface area contributed by atoms with Gasteiger partial charge in [-0.3, -0.25) is 9.59 Å². The Kier molecular flexibility index (Phi) is 4.33. The van der Waals surface area contributed by atoms with Crippen LogP contribution in [0.5, 0.6) is 0 Å². The van der Waals surface area contributed by atoms with E-state index in [2.05, 4.69) is 15.3 Å². The Balaban J connectivity index is 1.73. The van der Waals surface area contributed by atoms with E-state index in [4.69, 9.17) is 0 Å². The van der Waals surface area contributed by atoms with Gasteiger partial charge in [0.15, 0.2) is 0 Å². The van der Waals surface area contributed by atoms with E-state index in [0.29, 0.717) is 11.0 Å². The van der Waals surface area contributed by atoms with Crippen LogP contribution in [0.2, 0.25) is 0 Å². The van der Waals surface area contributed by atoms with Gasteiger partial charge < -0.3 is 10.3 Å². The molecule has 2 N–H and O–H groups in total. The number of amides is 1. The summed E-state index contributed by atoms with van der Waals surface area (Å²) in [6, 6.07) is 10.3. The summed E-state index contributed by atoms with van der Waals surface area (Å²) in [5, 5.41) is 2.18. The van der Waals surface area contributed by atoms with Crippen LogP contribution in [0.25, 0.3) is 11.0 Å². The Morgan fingerprint density at radius 1 is 1.08 bits per heavy atom. The molecular formula is C17H13F2N3O2. The number of nitrogens with zero attached hydrogens (tertiary/aromatic N) is 1. The second kappa shape index (κ2) is 6.57. The third-order valence-corrected chi connectivity index (χ3v) is 3.49. The molecule has 0 unspecified atom stereocenters. The Morgan fingerprint density at radius 2 is 1.79 bits per heavy atom. The normalized spacial score (nSPS) is 10.8. The number of fused-ring (bicyclic) bond motifs is 1. The first kappa shape index (κ1) is 15.8. The Bertz CT molecular complexity index is 949. The number of H-pyrrole nitrogens is 1. The van der Waals surface area contributed by atoms with Crippen molar-refractivity contribution in [1.29, 1.82) is 0 Å². The number of rotatable bonds is 4. The van der Waals surface area contributed by atoms with Crippen molar-refractivity contribution in [3.63, 3.8) is 0 Å². The van der Waals surface area contributed by atoms with Crippen molar-refractivity contribution in [2.75, 3.05) is 5.32 Å². The standard InChI is InChI=1S/C17H13F2N3O2/c18-10-4-3-5-11(19)16(10)22-15(23)9-8-14-17(24)21-13-7-2-1-6-12(13)20-14/h1-7H,8-9H2,(H,21,24)(H,22,23). The van der Waals surface area contributed by atoms with Crippen molar-refractivity contribution < 1.29 is 13.6 Å². The summed E-state index contributed by atoms with van der Waals surface area (Å²) in [5.41, 5.74) is 0.510. The van der Waals surface area contributed by atoms with E-state index < -0.39 is 28.8 Å². The van der Waals surface area contributed by atoms with E-state index in [1.54, 1.807) is 24.3 Å². The number of hydrogen-bond donors (Lipinski definition) is 2. The lowest BCUT2D eigenvalue weighted by molar-refractivity contribution is -0.116. The van der Waals surface area contributed by atoms with Gasteiger partial charge in [0, 0.05) is 12.8 Å². The van der Waals surface area contributed by atoms with Crippen LogP contribution in [0.3, 0.4) is 0 Å². The summed E-state index contributed by atoms with van der Waals surface area (Å²) < 4.78 is 27.0. The van der Waals surface area contributed by atoms with Crippen LogP contribution in [-0.2, 0) is 11.2 Å². The molecule has 122 valence electrons. The van der Waals surface area contributed by atoms with Gasteiger partial charge in [0.2, 0.25) is 5.91 Å². The molecule has 0 fully saturated rings. The summed E-state index contributed by atoms with van der Waals surface area (Å²) >= 11 is 0. The molecule has 1 aromatic heterocycles. The number of carbonyl (C=O) groups excluding carboxylic acids is 1. The van der Waals surface area contributed by atoms with Crippen LogP contribution in [0.4, 0.5) is 14.5 Å². The van der Waals surface area contributed by atoms with Gasteiger partial charge in [0.05, 0.1) is 11.0 Å². The van der Waals surface area contributed by atoms with Gasteiger partial charge in [0.25, 0.3) is 5.56 Å². The summed E-state index contributed by atoms with van der Waals surface area (Å²) in [6.45, 7) is 0. The Labute approximate surface area is 135 Å². The molecule has 0 atom stereocenters. The molecule has 0 radical (unpaired) electrons. The summed E-state index contributed by atoms with van der Waals surface area (Å²) in [7, 11) is 0. The number of aromatic amines is 1. The number of para-hydroxylation sites is 3. The van der Waals surface area contributed by atoms with Gasteiger partial charge in [-0.15, -0.1) is 0 Å². The van der Waals surface area contributed by atoms with E-state index in [1.807, 2.05) is 0 Å². The predicted octanol–water partition coefficient (Wildman–Crippen LogP) is 2.77. The van der Waals surface area contributed by atoms with Gasteiger partial charge in [-0.05, 0) is 24.3 Å². The van der Waals surface area contributed by atoms with Crippen LogP contribution >= 0.6 is 0 Å². The van der Waals surface area contributed by atoms with Gasteiger partial charge >= 0.3 is 0 Å². The number of carbonyl (C=O) groups is 1. The Hall–Kier alpha value is -3.09.